The fourth-order valence-electron chi connectivity index (χ4n) is 11.4. The Hall–Kier alpha value is -12.6. The van der Waals surface area contributed by atoms with Crippen LogP contribution in [0.1, 0.15) is 108 Å². The third-order valence-electron chi connectivity index (χ3n) is 16.9. The number of anilines is 2. The number of carbonyl (C=O) groups is 11. The monoisotopic (exact) mass is 1540 g/mol. The molecule has 1 aliphatic carbocycles. The molecule has 584 valence electrons. The zero-order valence-electron chi connectivity index (χ0n) is 58.8. The molecule has 3 aliphatic rings. The molecule has 2 aliphatic heterocycles. The molecule has 0 aromatic heterocycles. The van der Waals surface area contributed by atoms with Crippen LogP contribution < -0.4 is 53.3 Å². The maximum Gasteiger partial charge on any atom is 0.490 e. The predicted molar refractivity (Wildman–Crippen MR) is 386 cm³/mol. The van der Waals surface area contributed by atoms with Gasteiger partial charge in [-0.25, -0.2) is 14.4 Å². The standard InChI is InChI=1S/C68H78N12O21S.C2HF3O2/c1-35(2)59(64(91)71-36(3)60(87)76-51(34-57(85)86)61(88)72-37(4)65(92)78-28-10-12-52(78)63(90)75-49(67(95)96)11-7-9-26-69-48-25-17-40(79(97)98)31-53(48)80(99)100)77-62(89)50(29-38-14-18-41(81)19-15-38)74-56(84)13-6-5-8-27-70-68(102)73-39-16-22-44(47(30-39)66(93)94)58-45-23-20-42(82)32-54(45)101-55-33-43(83)21-24-46(55)58;3-2(4,5)1(6)7/h14-25,30-33,35-37,49-52,59,69,81-82H,5-13,26-29,34H2,1-4H3,(H,71,91)(H,72,88)(H,74,84)(H,75,90)(H,76,87)(H,77,89)(H,85,86)(H,93,94)(H,95,96)(H2,70,73,102);(H,6,7)/t36-,37-,49-,50-,51-,52-,59-;/m0./s1. The highest BCUT2D eigenvalue weighted by atomic mass is 32.1. The maximum absolute atomic E-state index is 14.1. The highest BCUT2D eigenvalue weighted by Gasteiger charge is 2.40. The second kappa shape index (κ2) is 39.1. The number of unbranched alkanes of at least 4 members (excludes halogenated alkanes) is 3. The minimum atomic E-state index is -5.08. The van der Waals surface area contributed by atoms with Crippen LogP contribution in [-0.2, 0) is 54.4 Å². The number of phenolic OH excluding ortho intramolecular Hbond substituents is 2. The van der Waals surface area contributed by atoms with Gasteiger partial charge in [-0.15, -0.1) is 0 Å². The quantitative estimate of drug-likeness (QED) is 0.00751. The number of hydrogen-bond acceptors (Lipinski definition) is 21. The molecule has 1 saturated heterocycles. The predicted octanol–water partition coefficient (Wildman–Crippen LogP) is 5.65. The van der Waals surface area contributed by atoms with Gasteiger partial charge in [0.05, 0.1) is 27.9 Å². The molecule has 0 bridgehead atoms. The Bertz CT molecular complexity index is 4450. The second-order valence-electron chi connectivity index (χ2n) is 25.4. The van der Waals surface area contributed by atoms with Crippen LogP contribution in [-0.4, -0.2) is 184 Å². The van der Waals surface area contributed by atoms with Crippen molar-refractivity contribution in [3.8, 4) is 33.9 Å². The summed E-state index contributed by atoms with van der Waals surface area (Å²) in [7, 11) is 0. The molecular formula is C70H79F3N12O23S. The van der Waals surface area contributed by atoms with Crippen LogP contribution in [0.15, 0.2) is 106 Å². The molecule has 0 unspecified atom stereocenters. The number of fused-ring (bicyclic) bond motifs is 2. The van der Waals surface area contributed by atoms with Crippen LogP contribution in [0.4, 0.5) is 35.9 Å². The van der Waals surface area contributed by atoms with E-state index in [0.717, 1.165) is 17.0 Å². The number of nitrogens with zero attached hydrogens (tertiary/aromatic N) is 3. The Morgan fingerprint density at radius 3 is 1.95 bits per heavy atom. The molecule has 4 aromatic rings. The number of benzene rings is 5. The molecule has 35 nitrogen and oxygen atoms in total. The summed E-state index contributed by atoms with van der Waals surface area (Å²) >= 11 is 5.51. The molecule has 39 heteroatoms. The topological polar surface area (TPSA) is 537 Å². The first kappa shape index (κ1) is 85.3. The number of hydrogen-bond donors (Lipinski definition) is 15. The molecule has 0 spiro atoms. The molecule has 7 rings (SSSR count). The lowest BCUT2D eigenvalue weighted by Gasteiger charge is -2.29. The summed E-state index contributed by atoms with van der Waals surface area (Å²) in [5.74, 6) is -13.5. The molecule has 0 radical (unpaired) electrons. The van der Waals surface area contributed by atoms with E-state index in [1.807, 2.05) is 0 Å². The number of phenols is 2. The van der Waals surface area contributed by atoms with Crippen LogP contribution in [0.2, 0.25) is 0 Å². The summed E-state index contributed by atoms with van der Waals surface area (Å²) in [4.78, 5) is 176. The Kier molecular flexibility index (Phi) is 30.6. The summed E-state index contributed by atoms with van der Waals surface area (Å²) in [5.41, 5.74) is 0.918. The van der Waals surface area contributed by atoms with Gasteiger partial charge >= 0.3 is 30.1 Å². The van der Waals surface area contributed by atoms with E-state index in [-0.39, 0.29) is 96.2 Å². The van der Waals surface area contributed by atoms with E-state index in [0.29, 0.717) is 65.6 Å². The fraction of sp³-hybridized carbons (Fsp3) is 0.386. The molecule has 7 atom stereocenters. The number of rotatable bonds is 35. The highest BCUT2D eigenvalue weighted by Crippen LogP contribution is 2.43. The SMILES string of the molecule is CC(C)[C@H](NC(=O)[C@H](Cc1ccc(O)cc1)NC(=O)CCCCCNC(=S)Nc1ccc(-c2c3ccc(=O)cc-3oc3cc(O)ccc23)c(C(=O)O)c1)C(=O)N[C@@H](C)C(=O)N[C@@H](CC(=O)O)C(=O)N[C@@H](C)C(=O)N1CCC[C@H]1C(=O)N[C@@H](CCCCNc1ccc([N+](=O)[O-])cc1[N+](=O)[O-])C(=O)O.O=C(O)C(F)(F)F. The molecule has 2 heterocycles. The maximum atomic E-state index is 14.1. The van der Waals surface area contributed by atoms with Gasteiger partial charge in [0, 0.05) is 72.9 Å². The van der Waals surface area contributed by atoms with Crippen molar-refractivity contribution in [2.75, 3.05) is 30.3 Å². The number of aromatic hydroxyl groups is 2. The van der Waals surface area contributed by atoms with Crippen LogP contribution in [0, 0.1) is 26.1 Å². The lowest BCUT2D eigenvalue weighted by atomic mass is 9.90. The first-order valence-electron chi connectivity index (χ1n) is 33.8. The number of nitrogens with one attached hydrogen (secondary N) is 9. The fourth-order valence-corrected chi connectivity index (χ4v) is 11.6. The summed E-state index contributed by atoms with van der Waals surface area (Å²) in [5, 5.41) is 104. The first-order valence-corrected chi connectivity index (χ1v) is 34.2. The number of nitro benzene ring substituents is 2. The molecule has 1 fully saturated rings. The number of halogens is 3. The van der Waals surface area contributed by atoms with Crippen LogP contribution in [0.5, 0.6) is 11.5 Å². The van der Waals surface area contributed by atoms with Gasteiger partial charge in [-0.2, -0.15) is 13.2 Å². The number of carboxylic acid groups (broad SMARTS) is 4. The Labute approximate surface area is 622 Å². The van der Waals surface area contributed by atoms with Crippen molar-refractivity contribution in [3.05, 3.63) is 139 Å². The number of likely N-dealkylation sites (tertiary alicyclic amines) is 1. The van der Waals surface area contributed by atoms with E-state index in [2.05, 4.69) is 47.9 Å². The normalized spacial score (nSPS) is 14.2. The third-order valence-corrected chi connectivity index (χ3v) is 17.2. The smallest absolute Gasteiger partial charge is 0.490 e. The number of carbonyl (C=O) groups excluding carboxylic acids is 7. The second-order valence-corrected chi connectivity index (χ2v) is 25.9. The van der Waals surface area contributed by atoms with E-state index >= 15 is 0 Å². The van der Waals surface area contributed by atoms with E-state index in [1.165, 1.54) is 74.5 Å². The molecule has 15 N–H and O–H groups in total. The highest BCUT2D eigenvalue weighted by molar-refractivity contribution is 7.80. The Morgan fingerprint density at radius 1 is 0.670 bits per heavy atom. The van der Waals surface area contributed by atoms with E-state index < -0.39 is 147 Å². The van der Waals surface area contributed by atoms with Crippen LogP contribution in [0.25, 0.3) is 33.4 Å². The van der Waals surface area contributed by atoms with Crippen LogP contribution >= 0.6 is 12.2 Å². The molecule has 109 heavy (non-hydrogen) atoms. The number of aliphatic carboxylic acids is 3. The number of aromatic carboxylic acids is 1. The van der Waals surface area contributed by atoms with Crippen molar-refractivity contribution in [1.82, 2.24) is 42.1 Å². The van der Waals surface area contributed by atoms with Crippen molar-refractivity contribution in [2.24, 2.45) is 5.92 Å². The molecule has 4 aromatic carbocycles. The summed E-state index contributed by atoms with van der Waals surface area (Å²) in [6.07, 6.45) is -4.04. The lowest BCUT2D eigenvalue weighted by molar-refractivity contribution is -0.393. The van der Waals surface area contributed by atoms with Gasteiger partial charge in [0.15, 0.2) is 10.5 Å². The summed E-state index contributed by atoms with van der Waals surface area (Å²) in [6.45, 7) is 6.12. The largest absolute Gasteiger partial charge is 0.508 e. The number of alkyl halides is 3. The van der Waals surface area contributed by atoms with Gasteiger partial charge in [0.2, 0.25) is 41.4 Å². The van der Waals surface area contributed by atoms with Crippen molar-refractivity contribution >= 4 is 116 Å². The summed E-state index contributed by atoms with van der Waals surface area (Å²) in [6, 6.07) is 12.2. The lowest BCUT2D eigenvalue weighted by Crippen LogP contribution is -2.60. The van der Waals surface area contributed by atoms with Gasteiger partial charge in [0.25, 0.3) is 11.4 Å². The number of thiocarbonyl (C=S) groups is 1. The number of non-ortho nitro benzene ring substituents is 1. The average Bonchev–Trinajstić information content (AvgIpc) is 1.32. The van der Waals surface area contributed by atoms with E-state index in [1.54, 1.807) is 38.1 Å². The first-order chi connectivity index (χ1) is 51.3. The molecular weight excluding hydrogens is 1470 g/mol. The van der Waals surface area contributed by atoms with Crippen molar-refractivity contribution in [3.63, 3.8) is 0 Å². The van der Waals surface area contributed by atoms with Gasteiger partial charge in [-0.05, 0) is 143 Å². The molecule has 0 saturated carbocycles. The Morgan fingerprint density at radius 2 is 1.32 bits per heavy atom. The van der Waals surface area contributed by atoms with Gasteiger partial charge in [-0.1, -0.05) is 38.5 Å². The van der Waals surface area contributed by atoms with Gasteiger partial charge in [-0.3, -0.25) is 63.4 Å². The van der Waals surface area contributed by atoms with E-state index in [9.17, 15) is 112 Å². The van der Waals surface area contributed by atoms with Crippen molar-refractivity contribution in [2.45, 2.75) is 147 Å². The van der Waals surface area contributed by atoms with E-state index in [4.69, 9.17) is 26.5 Å². The zero-order chi connectivity index (χ0) is 80.7. The van der Waals surface area contributed by atoms with Gasteiger partial charge < -0.3 is 87.8 Å². The minimum Gasteiger partial charge on any atom is -0.508 e. The van der Waals surface area contributed by atoms with Crippen molar-refractivity contribution in [1.29, 1.82) is 0 Å². The van der Waals surface area contributed by atoms with Gasteiger partial charge in [0.1, 0.15) is 70.8 Å². The minimum absolute atomic E-state index is 0.00214. The summed E-state index contributed by atoms with van der Waals surface area (Å²) < 4.78 is 37.7. The number of amides is 7. The number of nitro groups is 2. The van der Waals surface area contributed by atoms with Crippen molar-refractivity contribution < 1.29 is 111 Å². The zero-order valence-corrected chi connectivity index (χ0v) is 59.6. The Balaban J connectivity index is 0.00000252. The molecule has 7 amide bonds. The third kappa shape index (κ3) is 25.0. The average molecular weight is 1550 g/mol. The number of carboxylic acids is 4. The van der Waals surface area contributed by atoms with Crippen LogP contribution in [0.3, 0.4) is 0 Å².